The summed E-state index contributed by atoms with van der Waals surface area (Å²) < 4.78 is 0. The zero-order valence-electron chi connectivity index (χ0n) is 45.4. The highest BCUT2D eigenvalue weighted by atomic mass is 16.3. The first kappa shape index (κ1) is 67.5. The third-order valence-electron chi connectivity index (χ3n) is 11.9. The average molecular weight is 1130 g/mol. The second kappa shape index (κ2) is 34.3. The van der Waals surface area contributed by atoms with Crippen LogP contribution in [-0.2, 0) is 49.6 Å². The summed E-state index contributed by atoms with van der Waals surface area (Å²) >= 11 is 0. The summed E-state index contributed by atoms with van der Waals surface area (Å²) in [7, 11) is 0. The van der Waals surface area contributed by atoms with Crippen LogP contribution < -0.4 is 99.5 Å². The fourth-order valence-electron chi connectivity index (χ4n) is 7.63. The molecule has 1 aromatic rings. The monoisotopic (exact) mass is 1130 g/mol. The van der Waals surface area contributed by atoms with Gasteiger partial charge in [-0.15, -0.1) is 0 Å². The van der Waals surface area contributed by atoms with Crippen molar-refractivity contribution in [3.8, 4) is 0 Å². The van der Waals surface area contributed by atoms with Crippen molar-refractivity contribution in [2.75, 3.05) is 32.7 Å². The molecular weight excluding hydrogens is 1050 g/mol. The third-order valence-corrected chi connectivity index (χ3v) is 11.9. The number of aliphatic hydroxyl groups is 2. The molecule has 11 atom stereocenters. The van der Waals surface area contributed by atoms with Crippen molar-refractivity contribution >= 4 is 77.0 Å². The summed E-state index contributed by atoms with van der Waals surface area (Å²) in [4.78, 5) is 143. The summed E-state index contributed by atoms with van der Waals surface area (Å²) in [5.41, 5.74) is 50.7. The molecule has 0 aromatic heterocycles. The Morgan fingerprint density at radius 3 is 1.46 bits per heavy atom. The molecule has 0 aliphatic carbocycles. The largest absolute Gasteiger partial charge is 0.391 e. The van der Waals surface area contributed by atoms with E-state index < -0.39 is 133 Å². The molecule has 446 valence electrons. The minimum absolute atomic E-state index is 0.0192. The van der Waals surface area contributed by atoms with E-state index in [9.17, 15) is 53.4 Å². The lowest BCUT2D eigenvalue weighted by Gasteiger charge is -2.28. The van der Waals surface area contributed by atoms with Crippen molar-refractivity contribution in [2.24, 2.45) is 77.5 Å². The Balaban J connectivity index is 2.93. The molecule has 0 radical (unpaired) electrons. The first-order valence-electron chi connectivity index (χ1n) is 25.7. The lowest BCUT2D eigenvalue weighted by Crippen LogP contribution is -2.61. The summed E-state index contributed by atoms with van der Waals surface area (Å²) in [6, 6.07) is -5.59. The topological polar surface area (TPSA) is 586 Å². The van der Waals surface area contributed by atoms with Crippen molar-refractivity contribution < 1.29 is 53.4 Å². The number of aliphatic imine (C=N–C) groups is 4. The molecule has 0 saturated carbocycles. The number of amides is 9. The minimum atomic E-state index is -1.76. The van der Waals surface area contributed by atoms with Gasteiger partial charge in [-0.1, -0.05) is 44.2 Å². The van der Waals surface area contributed by atoms with Crippen LogP contribution >= 0.6 is 0 Å². The van der Waals surface area contributed by atoms with E-state index in [0.29, 0.717) is 5.56 Å². The highest BCUT2D eigenvalue weighted by Gasteiger charge is 2.37. The molecule has 1 aliphatic rings. The molecule has 1 heterocycles. The van der Waals surface area contributed by atoms with Crippen molar-refractivity contribution in [3.05, 3.63) is 35.9 Å². The Kier molecular flexibility index (Phi) is 29.0. The van der Waals surface area contributed by atoms with Gasteiger partial charge in [0.2, 0.25) is 53.2 Å². The maximum Gasteiger partial charge on any atom is 0.245 e. The first-order valence-corrected chi connectivity index (χ1v) is 25.7. The fraction of sp³-hybridized carbons (Fsp3) is 0.596. The number of rotatable bonds is 22. The molecule has 1 saturated heterocycles. The zero-order chi connectivity index (χ0) is 60.2. The molecule has 4 unspecified atom stereocenters. The molecule has 33 heteroatoms. The lowest BCUT2D eigenvalue weighted by atomic mass is 10.00. The average Bonchev–Trinajstić information content (AvgIpc) is 3.36. The molecule has 2 rings (SSSR count). The predicted molar refractivity (Wildman–Crippen MR) is 295 cm³/mol. The Bertz CT molecular complexity index is 2370. The SMILES string of the molecule is CC(C)CC1NC(=O)C(Cc2ccccc2)NC(=O)[C@H](CCN=C(N)N)NC(=O)C(NC(=O)[C@H](CCN=C(N)N)NC(=O)[C@@H](N)[C@@H](C)O)CCNC(=O)[C@H]([C@@H](C)O)NC(=O)[C@H](CCN=C(N)N)NC(=O)C(CCN=C(N)N)NC1=O. The quantitative estimate of drug-likeness (QED) is 0.0379. The summed E-state index contributed by atoms with van der Waals surface area (Å²) in [5, 5.41) is 43.7. The van der Waals surface area contributed by atoms with E-state index in [2.05, 4.69) is 67.8 Å². The second-order valence-corrected chi connectivity index (χ2v) is 19.2. The summed E-state index contributed by atoms with van der Waals surface area (Å²) in [6.45, 7) is 4.42. The van der Waals surface area contributed by atoms with Crippen molar-refractivity contribution in [3.63, 3.8) is 0 Å². The van der Waals surface area contributed by atoms with Crippen LogP contribution in [0.15, 0.2) is 50.3 Å². The van der Waals surface area contributed by atoms with Crippen molar-refractivity contribution in [1.29, 1.82) is 0 Å². The summed E-state index contributed by atoms with van der Waals surface area (Å²) in [6.07, 6.45) is -4.87. The van der Waals surface area contributed by atoms with Crippen molar-refractivity contribution in [1.82, 2.24) is 47.9 Å². The van der Waals surface area contributed by atoms with Gasteiger partial charge in [-0.2, -0.15) is 0 Å². The lowest BCUT2D eigenvalue weighted by molar-refractivity contribution is -0.136. The summed E-state index contributed by atoms with van der Waals surface area (Å²) in [5.74, 6) is -10.6. The van der Waals surface area contributed by atoms with Gasteiger partial charge in [-0.05, 0) is 63.9 Å². The van der Waals surface area contributed by atoms with E-state index in [-0.39, 0.29) is 94.5 Å². The van der Waals surface area contributed by atoms with Gasteiger partial charge in [0.1, 0.15) is 54.4 Å². The Labute approximate surface area is 462 Å². The number of carbonyl (C=O) groups excluding carboxylic acids is 9. The standard InChI is InChI=1S/C47H82N22O11/c1-22(2)20-31-40(77)65-27(11-16-58-44(49)50)36(73)64-30(14-19-61-47(55)56)39(76)69-34(24(4)71)43(80)57-15-10-26(62-37(74)29(13-18-60-46(53)54)66-42(79)33(48)23(3)70)35(72)63-28(12-17-59-45(51)52)38(75)68-32(41(78)67-31)21-25-8-6-5-7-9-25/h5-9,22-24,26-34,70-71H,10-21,48H2,1-4H3,(H,57,80)(H,62,74)(H,63,72)(H,64,73)(H,65,77)(H,66,79)(H,67,78)(H,68,75)(H,69,76)(H4,49,50,58)(H4,51,52,59)(H4,53,54,60)(H4,55,56,61)/t23-,24-,26?,27?,28+,29+,30+,31?,32?,33+,34+/m1/s1. The molecule has 9 amide bonds. The van der Waals surface area contributed by atoms with Crippen LogP contribution in [0.4, 0.5) is 0 Å². The highest BCUT2D eigenvalue weighted by Crippen LogP contribution is 2.12. The molecule has 33 nitrogen and oxygen atoms in total. The molecule has 0 spiro atoms. The Morgan fingerprint density at radius 2 is 1.00 bits per heavy atom. The fourth-order valence-corrected chi connectivity index (χ4v) is 7.63. The zero-order valence-corrected chi connectivity index (χ0v) is 45.4. The number of nitrogens with one attached hydrogen (secondary N) is 9. The van der Waals surface area contributed by atoms with Gasteiger partial charge in [0.15, 0.2) is 23.8 Å². The van der Waals surface area contributed by atoms with Crippen LogP contribution in [0.25, 0.3) is 0 Å². The number of carbonyl (C=O) groups is 9. The van der Waals surface area contributed by atoms with E-state index in [0.717, 1.165) is 0 Å². The van der Waals surface area contributed by atoms with Gasteiger partial charge in [-0.3, -0.25) is 63.1 Å². The van der Waals surface area contributed by atoms with E-state index >= 15 is 0 Å². The number of nitrogens with zero attached hydrogens (tertiary/aromatic N) is 4. The van der Waals surface area contributed by atoms with Gasteiger partial charge in [0, 0.05) is 39.1 Å². The number of nitrogens with two attached hydrogens (primary N) is 9. The van der Waals surface area contributed by atoms with Crippen LogP contribution in [0.2, 0.25) is 0 Å². The van der Waals surface area contributed by atoms with E-state index in [4.69, 9.17) is 51.6 Å². The minimum Gasteiger partial charge on any atom is -0.391 e. The Hall–Kier alpha value is -8.59. The number of guanidine groups is 4. The smallest absolute Gasteiger partial charge is 0.245 e. The van der Waals surface area contributed by atoms with Gasteiger partial charge in [-0.25, -0.2) is 0 Å². The van der Waals surface area contributed by atoms with E-state index in [1.54, 1.807) is 44.2 Å². The first-order chi connectivity index (χ1) is 37.6. The van der Waals surface area contributed by atoms with Crippen LogP contribution in [0.3, 0.4) is 0 Å². The maximum absolute atomic E-state index is 14.6. The van der Waals surface area contributed by atoms with Crippen LogP contribution in [0, 0.1) is 5.92 Å². The van der Waals surface area contributed by atoms with E-state index in [1.165, 1.54) is 13.8 Å². The van der Waals surface area contributed by atoms with Crippen LogP contribution in [-0.4, -0.2) is 187 Å². The van der Waals surface area contributed by atoms with Gasteiger partial charge >= 0.3 is 0 Å². The van der Waals surface area contributed by atoms with Gasteiger partial charge < -0.3 is 110 Å². The van der Waals surface area contributed by atoms with Crippen LogP contribution in [0.1, 0.15) is 71.8 Å². The maximum atomic E-state index is 14.6. The normalized spacial score (nSPS) is 22.5. The van der Waals surface area contributed by atoms with Crippen LogP contribution in [0.5, 0.6) is 0 Å². The highest BCUT2D eigenvalue weighted by molar-refractivity contribution is 5.98. The van der Waals surface area contributed by atoms with Crippen molar-refractivity contribution in [2.45, 2.75) is 139 Å². The Morgan fingerprint density at radius 1 is 0.575 bits per heavy atom. The number of hydrogen-bond donors (Lipinski definition) is 20. The molecule has 80 heavy (non-hydrogen) atoms. The van der Waals surface area contributed by atoms with Gasteiger partial charge in [0.25, 0.3) is 0 Å². The molecule has 1 aromatic carbocycles. The number of hydrogen-bond acceptors (Lipinski definition) is 16. The molecule has 0 bridgehead atoms. The third kappa shape index (κ3) is 25.3. The molecule has 29 N–H and O–H groups in total. The molecule has 1 aliphatic heterocycles. The van der Waals surface area contributed by atoms with E-state index in [1.807, 2.05) is 0 Å². The van der Waals surface area contributed by atoms with Gasteiger partial charge in [0.05, 0.1) is 12.2 Å². The molecular formula is C47H82N22O11. The number of aliphatic hydroxyl groups excluding tert-OH is 2. The molecule has 1 fully saturated rings. The second-order valence-electron chi connectivity index (χ2n) is 19.2. The predicted octanol–water partition coefficient (Wildman–Crippen LogP) is -9.58. The number of benzene rings is 1.